The van der Waals surface area contributed by atoms with Crippen LogP contribution in [0.2, 0.25) is 0 Å². The minimum atomic E-state index is 0.474. The Kier molecular flexibility index (Phi) is 3.28. The van der Waals surface area contributed by atoms with Crippen molar-refractivity contribution in [3.63, 3.8) is 0 Å². The first-order valence-corrected chi connectivity index (χ1v) is 6.84. The number of aromatic nitrogens is 2. The largest absolute Gasteiger partial charge is 0.497 e. The zero-order valence-electron chi connectivity index (χ0n) is 10.8. The minimum absolute atomic E-state index is 0.474. The van der Waals surface area contributed by atoms with E-state index in [9.17, 15) is 0 Å². The fourth-order valence-corrected chi connectivity index (χ4v) is 2.35. The number of ether oxygens (including phenoxy) is 1. The number of hydrogen-bond donors (Lipinski definition) is 1. The van der Waals surface area contributed by atoms with E-state index in [1.165, 1.54) is 0 Å². The lowest BCUT2D eigenvalue weighted by molar-refractivity contribution is 0.415. The minimum Gasteiger partial charge on any atom is -0.497 e. The Morgan fingerprint density at radius 1 is 1.05 bits per heavy atom. The number of rotatable bonds is 2. The first kappa shape index (κ1) is 12.9. The summed E-state index contributed by atoms with van der Waals surface area (Å²) in [6, 6.07) is 13.4. The van der Waals surface area contributed by atoms with Crippen LogP contribution >= 0.6 is 15.9 Å². The number of anilines is 1. The molecule has 2 N–H and O–H groups in total. The van der Waals surface area contributed by atoms with Crippen LogP contribution < -0.4 is 10.5 Å². The topological polar surface area (TPSA) is 61.0 Å². The van der Waals surface area contributed by atoms with Crippen LogP contribution in [0.25, 0.3) is 22.3 Å². The van der Waals surface area contributed by atoms with Crippen LogP contribution in [0.5, 0.6) is 5.75 Å². The van der Waals surface area contributed by atoms with Crippen molar-refractivity contribution in [3.05, 3.63) is 46.9 Å². The van der Waals surface area contributed by atoms with Gasteiger partial charge in [-0.3, -0.25) is 0 Å². The second kappa shape index (κ2) is 5.09. The van der Waals surface area contributed by atoms with E-state index in [4.69, 9.17) is 10.5 Å². The number of halogens is 1. The van der Waals surface area contributed by atoms with E-state index < -0.39 is 0 Å². The number of nitrogens with two attached hydrogens (primary N) is 1. The van der Waals surface area contributed by atoms with Crippen molar-refractivity contribution in [2.45, 2.75) is 0 Å². The standard InChI is InChI=1S/C15H12BrN3O/c1-20-11-5-2-9(3-6-11)15-18-13-7-4-10(16)8-12(13)14(17)19-15/h2-8H,1H3,(H2,17,18,19). The molecule has 0 spiro atoms. The first-order chi connectivity index (χ1) is 9.67. The van der Waals surface area contributed by atoms with Crippen molar-refractivity contribution in [2.24, 2.45) is 0 Å². The van der Waals surface area contributed by atoms with Gasteiger partial charge in [0.15, 0.2) is 5.82 Å². The van der Waals surface area contributed by atoms with Crippen LogP contribution in [0.3, 0.4) is 0 Å². The quantitative estimate of drug-likeness (QED) is 0.779. The van der Waals surface area contributed by atoms with Gasteiger partial charge in [-0.15, -0.1) is 0 Å². The van der Waals surface area contributed by atoms with Gasteiger partial charge in [0, 0.05) is 15.4 Å². The zero-order valence-corrected chi connectivity index (χ0v) is 12.4. The average molecular weight is 330 g/mol. The van der Waals surface area contributed by atoms with E-state index in [1.807, 2.05) is 42.5 Å². The van der Waals surface area contributed by atoms with Crippen LogP contribution in [-0.4, -0.2) is 17.1 Å². The highest BCUT2D eigenvalue weighted by molar-refractivity contribution is 9.10. The molecule has 100 valence electrons. The maximum Gasteiger partial charge on any atom is 0.162 e. The maximum atomic E-state index is 6.02. The van der Waals surface area contributed by atoms with Gasteiger partial charge in [0.25, 0.3) is 0 Å². The van der Waals surface area contributed by atoms with E-state index >= 15 is 0 Å². The van der Waals surface area contributed by atoms with Gasteiger partial charge in [0.05, 0.1) is 12.6 Å². The molecule has 0 saturated carbocycles. The molecular formula is C15H12BrN3O. The molecule has 0 unspecified atom stereocenters. The smallest absolute Gasteiger partial charge is 0.162 e. The summed E-state index contributed by atoms with van der Waals surface area (Å²) in [6.07, 6.45) is 0. The molecule has 1 heterocycles. The van der Waals surface area contributed by atoms with Crippen LogP contribution in [0, 0.1) is 0 Å². The Morgan fingerprint density at radius 3 is 2.50 bits per heavy atom. The van der Waals surface area contributed by atoms with Crippen molar-refractivity contribution >= 4 is 32.7 Å². The number of methoxy groups -OCH3 is 1. The number of nitrogen functional groups attached to an aromatic ring is 1. The molecule has 0 atom stereocenters. The number of fused-ring (bicyclic) bond motifs is 1. The van der Waals surface area contributed by atoms with Crippen LogP contribution in [0.1, 0.15) is 0 Å². The Balaban J connectivity index is 2.14. The fourth-order valence-electron chi connectivity index (χ4n) is 1.99. The summed E-state index contributed by atoms with van der Waals surface area (Å²) in [6.45, 7) is 0. The fraction of sp³-hybridized carbons (Fsp3) is 0.0667. The van der Waals surface area contributed by atoms with Crippen molar-refractivity contribution in [1.82, 2.24) is 9.97 Å². The van der Waals surface area contributed by atoms with Gasteiger partial charge >= 0.3 is 0 Å². The van der Waals surface area contributed by atoms with Gasteiger partial charge in [-0.25, -0.2) is 9.97 Å². The highest BCUT2D eigenvalue weighted by Crippen LogP contribution is 2.26. The van der Waals surface area contributed by atoms with Crippen molar-refractivity contribution < 1.29 is 4.74 Å². The summed E-state index contributed by atoms with van der Waals surface area (Å²) in [7, 11) is 1.64. The second-order valence-corrected chi connectivity index (χ2v) is 5.24. The molecule has 0 aliphatic heterocycles. The Labute approximate surface area is 124 Å². The molecule has 20 heavy (non-hydrogen) atoms. The predicted octanol–water partition coefficient (Wildman–Crippen LogP) is 3.65. The van der Waals surface area contributed by atoms with Crippen molar-refractivity contribution in [3.8, 4) is 17.1 Å². The lowest BCUT2D eigenvalue weighted by atomic mass is 10.2. The summed E-state index contributed by atoms with van der Waals surface area (Å²) < 4.78 is 6.10. The molecule has 0 aliphatic carbocycles. The van der Waals surface area contributed by atoms with Crippen molar-refractivity contribution in [1.29, 1.82) is 0 Å². The van der Waals surface area contributed by atoms with Gasteiger partial charge in [0.2, 0.25) is 0 Å². The Bertz CT molecular complexity index is 772. The highest BCUT2D eigenvalue weighted by Gasteiger charge is 2.08. The van der Waals surface area contributed by atoms with Gasteiger partial charge in [-0.05, 0) is 42.5 Å². The van der Waals surface area contributed by atoms with E-state index in [-0.39, 0.29) is 0 Å². The molecule has 0 bridgehead atoms. The molecule has 1 aromatic heterocycles. The van der Waals surface area contributed by atoms with Gasteiger partial charge in [-0.2, -0.15) is 0 Å². The van der Waals surface area contributed by atoms with E-state index in [0.29, 0.717) is 11.6 Å². The van der Waals surface area contributed by atoms with Gasteiger partial charge < -0.3 is 10.5 Å². The molecule has 0 amide bonds. The molecule has 3 aromatic rings. The van der Waals surface area contributed by atoms with Crippen molar-refractivity contribution in [2.75, 3.05) is 12.8 Å². The summed E-state index contributed by atoms with van der Waals surface area (Å²) in [4.78, 5) is 8.92. The molecule has 3 rings (SSSR count). The molecule has 0 saturated heterocycles. The molecule has 0 radical (unpaired) electrons. The maximum absolute atomic E-state index is 6.02. The third kappa shape index (κ3) is 2.32. The summed E-state index contributed by atoms with van der Waals surface area (Å²) in [5, 5.41) is 0.844. The third-order valence-electron chi connectivity index (χ3n) is 3.04. The van der Waals surface area contributed by atoms with Gasteiger partial charge in [-0.1, -0.05) is 15.9 Å². The zero-order chi connectivity index (χ0) is 14.1. The van der Waals surface area contributed by atoms with E-state index in [1.54, 1.807) is 7.11 Å². The Hall–Kier alpha value is -2.14. The Morgan fingerprint density at radius 2 is 1.80 bits per heavy atom. The van der Waals surface area contributed by atoms with Crippen LogP contribution in [-0.2, 0) is 0 Å². The first-order valence-electron chi connectivity index (χ1n) is 6.04. The predicted molar refractivity (Wildman–Crippen MR) is 83.6 cm³/mol. The second-order valence-electron chi connectivity index (χ2n) is 4.32. The van der Waals surface area contributed by atoms with Gasteiger partial charge in [0.1, 0.15) is 11.6 Å². The average Bonchev–Trinajstić information content (AvgIpc) is 2.48. The number of nitrogens with zero attached hydrogens (tertiary/aromatic N) is 2. The summed E-state index contributed by atoms with van der Waals surface area (Å²) >= 11 is 3.42. The summed E-state index contributed by atoms with van der Waals surface area (Å²) in [5.74, 6) is 1.88. The normalized spacial score (nSPS) is 10.7. The van der Waals surface area contributed by atoms with E-state index in [0.717, 1.165) is 26.7 Å². The molecule has 5 heteroatoms. The molecule has 4 nitrogen and oxygen atoms in total. The number of hydrogen-bond acceptors (Lipinski definition) is 4. The molecule has 0 fully saturated rings. The third-order valence-corrected chi connectivity index (χ3v) is 3.53. The highest BCUT2D eigenvalue weighted by atomic mass is 79.9. The SMILES string of the molecule is COc1ccc(-c2nc(N)c3cc(Br)ccc3n2)cc1. The lowest BCUT2D eigenvalue weighted by Gasteiger charge is -2.06. The molecular weight excluding hydrogens is 318 g/mol. The number of benzene rings is 2. The lowest BCUT2D eigenvalue weighted by Crippen LogP contribution is -1.97. The summed E-state index contributed by atoms with van der Waals surface area (Å²) in [5.41, 5.74) is 7.75. The van der Waals surface area contributed by atoms with E-state index in [2.05, 4.69) is 25.9 Å². The molecule has 2 aromatic carbocycles. The van der Waals surface area contributed by atoms with Crippen LogP contribution in [0.4, 0.5) is 5.82 Å². The molecule has 0 aliphatic rings. The van der Waals surface area contributed by atoms with Crippen LogP contribution in [0.15, 0.2) is 46.9 Å². The monoisotopic (exact) mass is 329 g/mol.